The summed E-state index contributed by atoms with van der Waals surface area (Å²) in [4.78, 5) is -0.161. The summed E-state index contributed by atoms with van der Waals surface area (Å²) in [6, 6.07) is 9.44. The van der Waals surface area contributed by atoms with Crippen molar-refractivity contribution in [3.05, 3.63) is 60.2 Å². The average molecular weight is 390 g/mol. The zero-order valence-electron chi connectivity index (χ0n) is 13.2. The molecule has 10 heteroatoms. The first kappa shape index (κ1) is 19.3. The van der Waals surface area contributed by atoms with Gasteiger partial charge in [0.05, 0.1) is 16.8 Å². The molecule has 0 saturated heterocycles. The minimum absolute atomic E-state index is 0.161. The van der Waals surface area contributed by atoms with Crippen LogP contribution in [0.4, 0.5) is 14.5 Å². The summed E-state index contributed by atoms with van der Waals surface area (Å²) in [6.07, 6.45) is 0.897. The second-order valence-electron chi connectivity index (χ2n) is 5.14. The molecule has 2 rings (SSSR count). The van der Waals surface area contributed by atoms with Crippen LogP contribution < -0.4 is 9.03 Å². The zero-order chi connectivity index (χ0) is 18.7. The summed E-state index contributed by atoms with van der Waals surface area (Å²) >= 11 is 0. The maximum atomic E-state index is 13.9. The van der Waals surface area contributed by atoms with Crippen molar-refractivity contribution >= 4 is 25.7 Å². The van der Waals surface area contributed by atoms with Crippen LogP contribution in [0.3, 0.4) is 0 Å². The quantitative estimate of drug-likeness (QED) is 0.780. The van der Waals surface area contributed by atoms with Crippen LogP contribution in [0.2, 0.25) is 0 Å². The maximum absolute atomic E-state index is 13.9. The number of hydrogen-bond donors (Lipinski definition) is 1. The number of hydrogen-bond acceptors (Lipinski definition) is 4. The first-order chi connectivity index (χ1) is 11.6. The van der Waals surface area contributed by atoms with Gasteiger partial charge in [-0.05, 0) is 36.4 Å². The van der Waals surface area contributed by atoms with Crippen LogP contribution in [-0.2, 0) is 20.0 Å². The molecule has 0 fully saturated rings. The highest BCUT2D eigenvalue weighted by Gasteiger charge is 2.21. The van der Waals surface area contributed by atoms with Crippen LogP contribution in [0, 0.1) is 11.6 Å². The van der Waals surface area contributed by atoms with Crippen molar-refractivity contribution in [2.45, 2.75) is 4.90 Å². The van der Waals surface area contributed by atoms with Gasteiger partial charge >= 0.3 is 0 Å². The molecular weight excluding hydrogens is 374 g/mol. The van der Waals surface area contributed by atoms with E-state index in [9.17, 15) is 25.6 Å². The molecule has 0 aliphatic rings. The van der Waals surface area contributed by atoms with Gasteiger partial charge in [0.1, 0.15) is 11.6 Å². The fourth-order valence-electron chi connectivity index (χ4n) is 2.10. The number of anilines is 1. The molecule has 6 nitrogen and oxygen atoms in total. The van der Waals surface area contributed by atoms with Crippen molar-refractivity contribution < 1.29 is 25.6 Å². The van der Waals surface area contributed by atoms with Crippen molar-refractivity contribution in [1.82, 2.24) is 4.72 Å². The fraction of sp³-hybridized carbons (Fsp3) is 0.200. The Kier molecular flexibility index (Phi) is 5.76. The lowest BCUT2D eigenvalue weighted by Gasteiger charge is -2.23. The highest BCUT2D eigenvalue weighted by Crippen LogP contribution is 2.21. The molecule has 0 unspecified atom stereocenters. The predicted molar refractivity (Wildman–Crippen MR) is 90.2 cm³/mol. The number of para-hydroxylation sites is 1. The van der Waals surface area contributed by atoms with E-state index >= 15 is 0 Å². The van der Waals surface area contributed by atoms with Gasteiger partial charge in [-0.2, -0.15) is 0 Å². The predicted octanol–water partition coefficient (Wildman–Crippen LogP) is 1.71. The van der Waals surface area contributed by atoms with Crippen LogP contribution in [0.25, 0.3) is 0 Å². The van der Waals surface area contributed by atoms with Crippen molar-refractivity contribution in [2.75, 3.05) is 23.7 Å². The van der Waals surface area contributed by atoms with Crippen LogP contribution in [0.15, 0.2) is 53.4 Å². The van der Waals surface area contributed by atoms with Crippen LogP contribution >= 0.6 is 0 Å². The number of sulfonamides is 2. The molecule has 0 aromatic heterocycles. The molecule has 0 spiro atoms. The van der Waals surface area contributed by atoms with Gasteiger partial charge in [-0.1, -0.05) is 12.1 Å². The number of rotatable bonds is 7. The average Bonchev–Trinajstić information content (AvgIpc) is 2.52. The van der Waals surface area contributed by atoms with E-state index in [0.717, 1.165) is 40.9 Å². The standard InChI is InChI=1S/C15H16F2N2O4S2/c1-24(20,21)19(15-5-3-2-4-14(15)17)11-10-18-25(22,23)13-8-6-12(16)7-9-13/h2-9,18H,10-11H2,1H3. The molecule has 0 saturated carbocycles. The van der Waals surface area contributed by atoms with E-state index in [2.05, 4.69) is 4.72 Å². The second kappa shape index (κ2) is 7.46. The number of nitrogens with one attached hydrogen (secondary N) is 1. The third-order valence-corrected chi connectivity index (χ3v) is 5.91. The maximum Gasteiger partial charge on any atom is 0.240 e. The third-order valence-electron chi connectivity index (χ3n) is 3.25. The van der Waals surface area contributed by atoms with Gasteiger partial charge in [0.25, 0.3) is 0 Å². The van der Waals surface area contributed by atoms with Crippen LogP contribution in [0.1, 0.15) is 0 Å². The van der Waals surface area contributed by atoms with Gasteiger partial charge in [-0.25, -0.2) is 30.3 Å². The number of nitrogens with zero attached hydrogens (tertiary/aromatic N) is 1. The molecule has 2 aromatic rings. The van der Waals surface area contributed by atoms with E-state index in [1.807, 2.05) is 0 Å². The molecule has 0 atom stereocenters. The van der Waals surface area contributed by atoms with E-state index in [4.69, 9.17) is 0 Å². The normalized spacial score (nSPS) is 12.1. The first-order valence-corrected chi connectivity index (χ1v) is 10.4. The summed E-state index contributed by atoms with van der Waals surface area (Å²) in [7, 11) is -7.76. The van der Waals surface area contributed by atoms with Crippen LogP contribution in [0.5, 0.6) is 0 Å². The van der Waals surface area contributed by atoms with Gasteiger partial charge in [0.15, 0.2) is 0 Å². The molecule has 2 aromatic carbocycles. The van der Waals surface area contributed by atoms with Crippen molar-refractivity contribution in [1.29, 1.82) is 0 Å². The van der Waals surface area contributed by atoms with Crippen molar-refractivity contribution in [3.63, 3.8) is 0 Å². The number of benzene rings is 2. The summed E-state index contributed by atoms with van der Waals surface area (Å²) in [5.41, 5.74) is -0.175. The second-order valence-corrected chi connectivity index (χ2v) is 8.81. The highest BCUT2D eigenvalue weighted by atomic mass is 32.2. The van der Waals surface area contributed by atoms with Crippen molar-refractivity contribution in [2.24, 2.45) is 0 Å². The first-order valence-electron chi connectivity index (χ1n) is 7.09. The Morgan fingerprint density at radius 2 is 1.56 bits per heavy atom. The lowest BCUT2D eigenvalue weighted by Crippen LogP contribution is -2.38. The molecule has 0 bridgehead atoms. The summed E-state index contributed by atoms with van der Waals surface area (Å²) < 4.78 is 77.7. The molecule has 0 radical (unpaired) electrons. The van der Waals surface area contributed by atoms with E-state index in [1.165, 1.54) is 18.2 Å². The molecular formula is C15H16F2N2O4S2. The van der Waals surface area contributed by atoms with Crippen molar-refractivity contribution in [3.8, 4) is 0 Å². The Labute approximate surface area is 145 Å². The topological polar surface area (TPSA) is 83.6 Å². The molecule has 0 amide bonds. The van der Waals surface area contributed by atoms with Gasteiger partial charge in [0, 0.05) is 13.1 Å². The van der Waals surface area contributed by atoms with Gasteiger partial charge in [0.2, 0.25) is 20.0 Å². The Morgan fingerprint density at radius 3 is 2.12 bits per heavy atom. The zero-order valence-corrected chi connectivity index (χ0v) is 14.8. The minimum atomic E-state index is -3.94. The summed E-state index contributed by atoms with van der Waals surface area (Å²) in [6.45, 7) is -0.596. The summed E-state index contributed by atoms with van der Waals surface area (Å²) in [5, 5.41) is 0. The summed E-state index contributed by atoms with van der Waals surface area (Å²) in [5.74, 6) is -1.32. The van der Waals surface area contributed by atoms with E-state index < -0.39 is 31.7 Å². The smallest absolute Gasteiger partial charge is 0.240 e. The van der Waals surface area contributed by atoms with Gasteiger partial charge in [-0.3, -0.25) is 4.31 Å². The lowest BCUT2D eigenvalue weighted by atomic mass is 10.3. The SMILES string of the molecule is CS(=O)(=O)N(CCNS(=O)(=O)c1ccc(F)cc1)c1ccccc1F. The largest absolute Gasteiger partial charge is 0.266 e. The van der Waals surface area contributed by atoms with E-state index in [0.29, 0.717) is 0 Å². The van der Waals surface area contributed by atoms with E-state index in [1.54, 1.807) is 0 Å². The Hall–Kier alpha value is -2.04. The lowest BCUT2D eigenvalue weighted by molar-refractivity contribution is 0.575. The Balaban J connectivity index is 2.14. The fourth-order valence-corrected chi connectivity index (χ4v) is 4.05. The Bertz CT molecular complexity index is 946. The third kappa shape index (κ3) is 4.97. The monoisotopic (exact) mass is 390 g/mol. The molecule has 0 aliphatic carbocycles. The highest BCUT2D eigenvalue weighted by molar-refractivity contribution is 7.92. The molecule has 0 aliphatic heterocycles. The van der Waals surface area contributed by atoms with Gasteiger partial charge < -0.3 is 0 Å². The molecule has 136 valence electrons. The minimum Gasteiger partial charge on any atom is -0.266 e. The Morgan fingerprint density at radius 1 is 0.960 bits per heavy atom. The van der Waals surface area contributed by atoms with Crippen LogP contribution in [-0.4, -0.2) is 36.2 Å². The van der Waals surface area contributed by atoms with E-state index in [-0.39, 0.29) is 23.7 Å². The molecule has 25 heavy (non-hydrogen) atoms. The number of halogens is 2. The molecule has 0 heterocycles. The molecule has 1 N–H and O–H groups in total. The van der Waals surface area contributed by atoms with Gasteiger partial charge in [-0.15, -0.1) is 0 Å².